The highest BCUT2D eigenvalue weighted by Gasteiger charge is 2.13. The van der Waals surface area contributed by atoms with E-state index in [1.54, 1.807) is 23.0 Å². The van der Waals surface area contributed by atoms with Gasteiger partial charge in [-0.25, -0.2) is 0 Å². The molecule has 1 amide bonds. The van der Waals surface area contributed by atoms with Gasteiger partial charge in [-0.15, -0.1) is 0 Å². The summed E-state index contributed by atoms with van der Waals surface area (Å²) in [5.74, 6) is 0.101. The van der Waals surface area contributed by atoms with E-state index in [0.717, 1.165) is 22.5 Å². The molecule has 7 heteroatoms. The molecule has 6 nitrogen and oxygen atoms in total. The highest BCUT2D eigenvalue weighted by molar-refractivity contribution is 6.33. The number of anilines is 1. The lowest BCUT2D eigenvalue weighted by molar-refractivity contribution is 0.102. The van der Waals surface area contributed by atoms with Gasteiger partial charge in [-0.2, -0.15) is 10.2 Å². The fraction of sp³-hybridized carbons (Fsp3) is 0.174. The number of carbonyl (C=O) groups excluding carboxylic acids is 1. The largest absolute Gasteiger partial charge is 0.304 e. The van der Waals surface area contributed by atoms with Gasteiger partial charge in [0.05, 0.1) is 18.8 Å². The predicted octanol–water partition coefficient (Wildman–Crippen LogP) is 4.70. The lowest BCUT2D eigenvalue weighted by Gasteiger charge is -2.07. The van der Waals surface area contributed by atoms with Crippen molar-refractivity contribution in [3.8, 4) is 0 Å². The molecule has 0 saturated heterocycles. The molecule has 0 radical (unpaired) electrons. The maximum absolute atomic E-state index is 12.6. The Morgan fingerprint density at radius 3 is 2.33 bits per heavy atom. The number of benzene rings is 2. The van der Waals surface area contributed by atoms with Crippen molar-refractivity contribution in [2.45, 2.75) is 26.9 Å². The first-order chi connectivity index (χ1) is 14.5. The normalized spacial score (nSPS) is 10.9. The fourth-order valence-corrected chi connectivity index (χ4v) is 3.48. The molecule has 30 heavy (non-hydrogen) atoms. The monoisotopic (exact) mass is 419 g/mol. The lowest BCUT2D eigenvalue weighted by Crippen LogP contribution is -2.13. The van der Waals surface area contributed by atoms with E-state index < -0.39 is 0 Å². The van der Waals surface area contributed by atoms with Crippen molar-refractivity contribution in [1.29, 1.82) is 0 Å². The number of aryl methyl sites for hydroxylation is 2. The van der Waals surface area contributed by atoms with E-state index in [1.165, 1.54) is 0 Å². The van der Waals surface area contributed by atoms with Crippen LogP contribution in [0.1, 0.15) is 32.9 Å². The second kappa shape index (κ2) is 8.55. The van der Waals surface area contributed by atoms with Crippen LogP contribution in [0, 0.1) is 13.8 Å². The Balaban J connectivity index is 1.42. The molecule has 0 aliphatic rings. The quantitative estimate of drug-likeness (QED) is 0.492. The van der Waals surface area contributed by atoms with Gasteiger partial charge in [-0.05, 0) is 43.2 Å². The number of aromatic nitrogens is 4. The average molecular weight is 420 g/mol. The van der Waals surface area contributed by atoms with Crippen LogP contribution >= 0.6 is 11.6 Å². The number of halogens is 1. The topological polar surface area (TPSA) is 64.7 Å². The second-order valence-electron chi connectivity index (χ2n) is 7.24. The highest BCUT2D eigenvalue weighted by Crippen LogP contribution is 2.21. The van der Waals surface area contributed by atoms with Crippen molar-refractivity contribution in [3.05, 3.63) is 100.0 Å². The summed E-state index contributed by atoms with van der Waals surface area (Å²) in [6, 6.07) is 19.4. The Kier molecular flexibility index (Phi) is 5.68. The summed E-state index contributed by atoms with van der Waals surface area (Å²) in [4.78, 5) is 12.6. The van der Waals surface area contributed by atoms with Crippen LogP contribution in [0.2, 0.25) is 5.02 Å². The maximum Gasteiger partial charge on any atom is 0.256 e. The van der Waals surface area contributed by atoms with E-state index in [4.69, 9.17) is 11.6 Å². The molecule has 2 aromatic carbocycles. The smallest absolute Gasteiger partial charge is 0.256 e. The van der Waals surface area contributed by atoms with Crippen LogP contribution in [0.3, 0.4) is 0 Å². The minimum Gasteiger partial charge on any atom is -0.304 e. The predicted molar refractivity (Wildman–Crippen MR) is 118 cm³/mol. The molecule has 0 unspecified atom stereocenters. The fourth-order valence-electron chi connectivity index (χ4n) is 3.28. The molecular formula is C23H22ClN5O. The SMILES string of the molecule is Cc1cc(C)n(Cc2ccc(C(=O)Nc3nn(Cc4ccccc4)cc3Cl)cc2)n1. The van der Waals surface area contributed by atoms with Gasteiger partial charge in [0.25, 0.3) is 5.91 Å². The molecular weight excluding hydrogens is 398 g/mol. The van der Waals surface area contributed by atoms with Crippen LogP contribution < -0.4 is 5.32 Å². The molecule has 4 aromatic rings. The van der Waals surface area contributed by atoms with Crippen molar-refractivity contribution < 1.29 is 4.79 Å². The van der Waals surface area contributed by atoms with Crippen LogP contribution in [0.4, 0.5) is 5.82 Å². The molecule has 1 N–H and O–H groups in total. The van der Waals surface area contributed by atoms with Crippen LogP contribution in [-0.4, -0.2) is 25.5 Å². The number of amides is 1. The molecule has 0 aliphatic heterocycles. The third-order valence-electron chi connectivity index (χ3n) is 4.79. The van der Waals surface area contributed by atoms with Gasteiger partial charge in [-0.3, -0.25) is 14.2 Å². The van der Waals surface area contributed by atoms with E-state index in [-0.39, 0.29) is 5.91 Å². The van der Waals surface area contributed by atoms with Crippen LogP contribution in [-0.2, 0) is 13.1 Å². The molecule has 0 spiro atoms. The first-order valence-electron chi connectivity index (χ1n) is 9.66. The van der Waals surface area contributed by atoms with Gasteiger partial charge in [-0.1, -0.05) is 54.1 Å². The number of hydrogen-bond donors (Lipinski definition) is 1. The number of carbonyl (C=O) groups is 1. The van der Waals surface area contributed by atoms with Gasteiger partial charge in [0, 0.05) is 17.5 Å². The average Bonchev–Trinajstić information content (AvgIpc) is 3.23. The van der Waals surface area contributed by atoms with Crippen LogP contribution in [0.25, 0.3) is 0 Å². The molecule has 0 aliphatic carbocycles. The molecule has 0 bridgehead atoms. The summed E-state index contributed by atoms with van der Waals surface area (Å²) in [6.07, 6.45) is 1.71. The third-order valence-corrected chi connectivity index (χ3v) is 5.06. The Bertz CT molecular complexity index is 1160. The van der Waals surface area contributed by atoms with Crippen molar-refractivity contribution in [1.82, 2.24) is 19.6 Å². The standard InChI is InChI=1S/C23H22ClN5O/c1-16-12-17(2)29(26-16)14-19-8-10-20(11-9-19)23(30)25-22-21(24)15-28(27-22)13-18-6-4-3-5-7-18/h3-12,15H,13-14H2,1-2H3,(H,25,27,30). The zero-order valence-corrected chi connectivity index (χ0v) is 17.6. The zero-order valence-electron chi connectivity index (χ0n) is 16.8. The summed E-state index contributed by atoms with van der Waals surface area (Å²) >= 11 is 6.27. The van der Waals surface area contributed by atoms with Gasteiger partial charge < -0.3 is 5.32 Å². The first-order valence-corrected chi connectivity index (χ1v) is 10.0. The summed E-state index contributed by atoms with van der Waals surface area (Å²) in [5, 5.41) is 12.1. The van der Waals surface area contributed by atoms with Crippen LogP contribution in [0.5, 0.6) is 0 Å². The maximum atomic E-state index is 12.6. The highest BCUT2D eigenvalue weighted by atomic mass is 35.5. The summed E-state index contributed by atoms with van der Waals surface area (Å²) in [7, 11) is 0. The molecule has 2 aromatic heterocycles. The number of nitrogens with one attached hydrogen (secondary N) is 1. The molecule has 4 rings (SSSR count). The number of nitrogens with zero attached hydrogens (tertiary/aromatic N) is 4. The molecule has 2 heterocycles. The first kappa shape index (κ1) is 19.9. The Morgan fingerprint density at radius 1 is 0.967 bits per heavy atom. The molecule has 0 fully saturated rings. The zero-order chi connectivity index (χ0) is 21.1. The molecule has 0 saturated carbocycles. The van der Waals surface area contributed by atoms with Crippen molar-refractivity contribution in [3.63, 3.8) is 0 Å². The second-order valence-corrected chi connectivity index (χ2v) is 7.65. The molecule has 0 atom stereocenters. The lowest BCUT2D eigenvalue weighted by atomic mass is 10.1. The molecule has 152 valence electrons. The summed E-state index contributed by atoms with van der Waals surface area (Å²) in [5.41, 5.74) is 4.82. The van der Waals surface area contributed by atoms with Crippen molar-refractivity contribution in [2.75, 3.05) is 5.32 Å². The van der Waals surface area contributed by atoms with Gasteiger partial charge >= 0.3 is 0 Å². The Morgan fingerprint density at radius 2 is 1.67 bits per heavy atom. The van der Waals surface area contributed by atoms with Gasteiger partial charge in [0.1, 0.15) is 5.02 Å². The van der Waals surface area contributed by atoms with Crippen molar-refractivity contribution in [2.24, 2.45) is 0 Å². The Hall–Kier alpha value is -3.38. The van der Waals surface area contributed by atoms with Gasteiger partial charge in [0.15, 0.2) is 5.82 Å². The summed E-state index contributed by atoms with van der Waals surface area (Å²) in [6.45, 7) is 5.25. The van der Waals surface area contributed by atoms with Crippen molar-refractivity contribution >= 4 is 23.3 Å². The van der Waals surface area contributed by atoms with E-state index in [1.807, 2.05) is 67.1 Å². The Labute approximate surface area is 180 Å². The van der Waals surface area contributed by atoms with E-state index in [9.17, 15) is 4.79 Å². The minimum absolute atomic E-state index is 0.250. The third kappa shape index (κ3) is 4.60. The van der Waals surface area contributed by atoms with Crippen LogP contribution in [0.15, 0.2) is 66.9 Å². The number of rotatable bonds is 6. The van der Waals surface area contributed by atoms with E-state index in [2.05, 4.69) is 15.5 Å². The number of hydrogen-bond acceptors (Lipinski definition) is 3. The summed E-state index contributed by atoms with van der Waals surface area (Å²) < 4.78 is 3.66. The minimum atomic E-state index is -0.250. The van der Waals surface area contributed by atoms with E-state index in [0.29, 0.717) is 29.5 Å². The van der Waals surface area contributed by atoms with Gasteiger partial charge in [0.2, 0.25) is 0 Å². The van der Waals surface area contributed by atoms with E-state index >= 15 is 0 Å².